The second kappa shape index (κ2) is 7.57. The number of anilines is 2. The Balaban J connectivity index is 1.73. The summed E-state index contributed by atoms with van der Waals surface area (Å²) >= 11 is 0. The molecule has 0 spiro atoms. The van der Waals surface area contributed by atoms with Crippen molar-refractivity contribution in [2.45, 2.75) is 6.92 Å². The summed E-state index contributed by atoms with van der Waals surface area (Å²) in [4.78, 5) is 28.7. The molecule has 3 aromatic rings. The van der Waals surface area contributed by atoms with Gasteiger partial charge in [0.25, 0.3) is 11.8 Å². The van der Waals surface area contributed by atoms with E-state index < -0.39 is 11.8 Å². The van der Waals surface area contributed by atoms with Crippen molar-refractivity contribution in [3.63, 3.8) is 0 Å². The maximum atomic E-state index is 12.9. The molecule has 2 N–H and O–H groups in total. The molecule has 0 aliphatic rings. The highest BCUT2D eigenvalue weighted by atomic mass is 19.1. The molecule has 0 aliphatic heterocycles. The summed E-state index contributed by atoms with van der Waals surface area (Å²) in [5, 5.41) is 5.39. The second-order valence-electron chi connectivity index (χ2n) is 5.71. The summed E-state index contributed by atoms with van der Waals surface area (Å²) in [5.74, 6) is -1.21. The quantitative estimate of drug-likeness (QED) is 0.747. The highest BCUT2D eigenvalue weighted by Crippen LogP contribution is 2.13. The molecule has 0 unspecified atom stereocenters. The number of hydrogen-bond donors (Lipinski definition) is 2. The summed E-state index contributed by atoms with van der Waals surface area (Å²) in [5.41, 5.74) is 2.53. The van der Waals surface area contributed by atoms with E-state index in [0.717, 1.165) is 5.56 Å². The molecule has 130 valence electrons. The van der Waals surface area contributed by atoms with Gasteiger partial charge in [-0.05, 0) is 61.0 Å². The van der Waals surface area contributed by atoms with Crippen molar-refractivity contribution in [3.8, 4) is 0 Å². The fraction of sp³-hybridized carbons (Fsp3) is 0.0500. The number of rotatable bonds is 4. The van der Waals surface area contributed by atoms with Crippen molar-refractivity contribution < 1.29 is 14.0 Å². The van der Waals surface area contributed by atoms with E-state index in [1.807, 2.05) is 25.1 Å². The molecule has 0 atom stereocenters. The zero-order valence-electron chi connectivity index (χ0n) is 14.0. The van der Waals surface area contributed by atoms with Crippen LogP contribution in [-0.4, -0.2) is 16.8 Å². The highest BCUT2D eigenvalue weighted by Gasteiger charge is 2.12. The zero-order valence-corrected chi connectivity index (χ0v) is 14.0. The molecule has 6 heteroatoms. The fourth-order valence-electron chi connectivity index (χ4n) is 2.35. The minimum Gasteiger partial charge on any atom is -0.322 e. The number of pyridine rings is 1. The van der Waals surface area contributed by atoms with Gasteiger partial charge in [-0.3, -0.25) is 14.6 Å². The first-order valence-electron chi connectivity index (χ1n) is 7.92. The molecule has 26 heavy (non-hydrogen) atoms. The zero-order chi connectivity index (χ0) is 18.5. The van der Waals surface area contributed by atoms with Crippen LogP contribution in [0.2, 0.25) is 0 Å². The van der Waals surface area contributed by atoms with Gasteiger partial charge in [0.15, 0.2) is 0 Å². The normalized spacial score (nSPS) is 10.2. The topological polar surface area (TPSA) is 71.1 Å². The molecule has 0 fully saturated rings. The van der Waals surface area contributed by atoms with Gasteiger partial charge in [0.1, 0.15) is 11.5 Å². The van der Waals surface area contributed by atoms with Crippen LogP contribution in [0.4, 0.5) is 15.8 Å². The molecule has 3 rings (SSSR count). The van der Waals surface area contributed by atoms with Gasteiger partial charge in [-0.25, -0.2) is 4.39 Å². The van der Waals surface area contributed by atoms with Crippen molar-refractivity contribution >= 4 is 23.2 Å². The number of halogens is 1. The summed E-state index contributed by atoms with van der Waals surface area (Å²) in [6.07, 6.45) is 1.39. The predicted octanol–water partition coefficient (Wildman–Crippen LogP) is 4.03. The number of carbonyl (C=O) groups excluding carboxylic acids is 2. The van der Waals surface area contributed by atoms with E-state index in [0.29, 0.717) is 11.4 Å². The van der Waals surface area contributed by atoms with E-state index in [1.54, 1.807) is 6.07 Å². The van der Waals surface area contributed by atoms with E-state index in [-0.39, 0.29) is 17.1 Å². The van der Waals surface area contributed by atoms with Gasteiger partial charge in [-0.15, -0.1) is 0 Å². The Kier molecular flexibility index (Phi) is 5.03. The number of amides is 2. The van der Waals surface area contributed by atoms with Crippen LogP contribution in [-0.2, 0) is 0 Å². The molecule has 0 radical (unpaired) electrons. The second-order valence-corrected chi connectivity index (χ2v) is 5.71. The fourth-order valence-corrected chi connectivity index (χ4v) is 2.35. The minimum atomic E-state index is -0.413. The van der Waals surface area contributed by atoms with Crippen LogP contribution >= 0.6 is 0 Å². The smallest absolute Gasteiger partial charge is 0.274 e. The Morgan fingerprint density at radius 1 is 0.885 bits per heavy atom. The lowest BCUT2D eigenvalue weighted by Gasteiger charge is -2.08. The number of aryl methyl sites for hydroxylation is 1. The summed E-state index contributed by atoms with van der Waals surface area (Å²) in [6.45, 7) is 1.92. The van der Waals surface area contributed by atoms with Gasteiger partial charge in [0.2, 0.25) is 0 Å². The predicted molar refractivity (Wildman–Crippen MR) is 97.7 cm³/mol. The molecule has 0 saturated carbocycles. The molecule has 0 bridgehead atoms. The molecule has 0 aliphatic carbocycles. The van der Waals surface area contributed by atoms with E-state index in [9.17, 15) is 14.0 Å². The van der Waals surface area contributed by atoms with Gasteiger partial charge in [-0.2, -0.15) is 0 Å². The maximum absolute atomic E-state index is 12.9. The van der Waals surface area contributed by atoms with Gasteiger partial charge in [0.05, 0.1) is 0 Å². The molecule has 0 saturated heterocycles. The number of aromatic nitrogens is 1. The Labute approximate surface area is 149 Å². The third-order valence-electron chi connectivity index (χ3n) is 3.63. The van der Waals surface area contributed by atoms with Crippen LogP contribution in [0, 0.1) is 12.7 Å². The lowest BCUT2D eigenvalue weighted by atomic mass is 10.2. The van der Waals surface area contributed by atoms with Gasteiger partial charge < -0.3 is 10.6 Å². The summed E-state index contributed by atoms with van der Waals surface area (Å²) in [6, 6.07) is 15.7. The number of hydrogen-bond acceptors (Lipinski definition) is 3. The Morgan fingerprint density at radius 2 is 1.62 bits per heavy atom. The Bertz CT molecular complexity index is 955. The average Bonchev–Trinajstić information content (AvgIpc) is 2.64. The SMILES string of the molecule is Cc1cccc(NC(=O)c2cc(C(=O)Nc3ccc(F)cc3)ccn2)c1. The van der Waals surface area contributed by atoms with Crippen LogP contribution in [0.5, 0.6) is 0 Å². The van der Waals surface area contributed by atoms with Crippen molar-refractivity contribution in [1.29, 1.82) is 0 Å². The minimum absolute atomic E-state index is 0.123. The van der Waals surface area contributed by atoms with E-state index in [1.165, 1.54) is 42.6 Å². The molecule has 5 nitrogen and oxygen atoms in total. The summed E-state index contributed by atoms with van der Waals surface area (Å²) in [7, 11) is 0. The maximum Gasteiger partial charge on any atom is 0.274 e. The van der Waals surface area contributed by atoms with Crippen molar-refractivity contribution in [1.82, 2.24) is 4.98 Å². The molecule has 2 amide bonds. The lowest BCUT2D eigenvalue weighted by molar-refractivity contribution is 0.102. The lowest BCUT2D eigenvalue weighted by Crippen LogP contribution is -2.17. The number of nitrogens with one attached hydrogen (secondary N) is 2. The van der Waals surface area contributed by atoms with Crippen molar-refractivity contribution in [2.75, 3.05) is 10.6 Å². The molecule has 1 heterocycles. The van der Waals surface area contributed by atoms with Crippen LogP contribution in [0.15, 0.2) is 66.9 Å². The first-order chi connectivity index (χ1) is 12.5. The van der Waals surface area contributed by atoms with Crippen molar-refractivity contribution in [3.05, 3.63) is 89.5 Å². The highest BCUT2D eigenvalue weighted by molar-refractivity contribution is 6.07. The number of carbonyl (C=O) groups is 2. The monoisotopic (exact) mass is 349 g/mol. The standard InChI is InChI=1S/C20H16FN3O2/c1-13-3-2-4-17(11-13)24-20(26)18-12-14(9-10-22-18)19(25)23-16-7-5-15(21)6-8-16/h2-12H,1H3,(H,23,25)(H,24,26). The molecule has 2 aromatic carbocycles. The van der Waals surface area contributed by atoms with Crippen LogP contribution < -0.4 is 10.6 Å². The number of benzene rings is 2. The van der Waals surface area contributed by atoms with Crippen molar-refractivity contribution in [2.24, 2.45) is 0 Å². The van der Waals surface area contributed by atoms with Gasteiger partial charge in [0, 0.05) is 23.1 Å². The van der Waals surface area contributed by atoms with E-state index >= 15 is 0 Å². The van der Waals surface area contributed by atoms with Gasteiger partial charge in [-0.1, -0.05) is 12.1 Å². The molecule has 1 aromatic heterocycles. The van der Waals surface area contributed by atoms with Crippen LogP contribution in [0.1, 0.15) is 26.4 Å². The molecular formula is C20H16FN3O2. The Hall–Kier alpha value is -3.54. The summed E-state index contributed by atoms with van der Waals surface area (Å²) < 4.78 is 12.9. The van der Waals surface area contributed by atoms with E-state index in [2.05, 4.69) is 15.6 Å². The molecular weight excluding hydrogens is 333 g/mol. The van der Waals surface area contributed by atoms with E-state index in [4.69, 9.17) is 0 Å². The van der Waals surface area contributed by atoms with Crippen LogP contribution in [0.25, 0.3) is 0 Å². The van der Waals surface area contributed by atoms with Gasteiger partial charge >= 0.3 is 0 Å². The largest absolute Gasteiger partial charge is 0.322 e. The number of nitrogens with zero attached hydrogens (tertiary/aromatic N) is 1. The average molecular weight is 349 g/mol. The first-order valence-corrected chi connectivity index (χ1v) is 7.92. The van der Waals surface area contributed by atoms with Crippen LogP contribution in [0.3, 0.4) is 0 Å². The first kappa shape index (κ1) is 17.3. The Morgan fingerprint density at radius 3 is 2.35 bits per heavy atom. The third kappa shape index (κ3) is 4.30. The third-order valence-corrected chi connectivity index (χ3v) is 3.63.